The lowest BCUT2D eigenvalue weighted by atomic mass is 10.0. The van der Waals surface area contributed by atoms with E-state index in [1.54, 1.807) is 0 Å². The van der Waals surface area contributed by atoms with Crippen molar-refractivity contribution in [2.75, 3.05) is 13.2 Å². The average molecular weight is 1040 g/mol. The SMILES string of the molecule is CC/C=C\C/C=C\C/C=C\C/C=C\CCCCCCCCCCCCC(=O)OC(COC(=O)CCCCCCCCCC)COC(=O)CCCCCCCCCCCCCCC/C=C\CCCCCCCCCC. The smallest absolute Gasteiger partial charge is 0.306 e. The maximum atomic E-state index is 12.9. The van der Waals surface area contributed by atoms with Crippen LogP contribution in [0.3, 0.4) is 0 Å². The molecule has 0 aromatic heterocycles. The molecule has 0 aliphatic carbocycles. The van der Waals surface area contributed by atoms with E-state index in [1.165, 1.54) is 212 Å². The summed E-state index contributed by atoms with van der Waals surface area (Å²) in [6.45, 7) is 6.54. The second kappa shape index (κ2) is 62.6. The van der Waals surface area contributed by atoms with Crippen molar-refractivity contribution in [3.63, 3.8) is 0 Å². The Morgan fingerprint density at radius 3 is 0.838 bits per heavy atom. The molecule has 430 valence electrons. The van der Waals surface area contributed by atoms with E-state index in [-0.39, 0.29) is 31.1 Å². The number of carbonyl (C=O) groups excluding carboxylic acids is 3. The predicted molar refractivity (Wildman–Crippen MR) is 321 cm³/mol. The molecule has 0 saturated heterocycles. The maximum absolute atomic E-state index is 12.9. The first-order valence-electron chi connectivity index (χ1n) is 32.3. The molecule has 0 saturated carbocycles. The van der Waals surface area contributed by atoms with Gasteiger partial charge >= 0.3 is 17.9 Å². The zero-order chi connectivity index (χ0) is 53.6. The van der Waals surface area contributed by atoms with Gasteiger partial charge in [-0.15, -0.1) is 0 Å². The first kappa shape index (κ1) is 71.1. The highest BCUT2D eigenvalue weighted by molar-refractivity contribution is 5.71. The molecule has 6 nitrogen and oxygen atoms in total. The molecule has 74 heavy (non-hydrogen) atoms. The van der Waals surface area contributed by atoms with Gasteiger partial charge in [0.05, 0.1) is 0 Å². The topological polar surface area (TPSA) is 78.9 Å². The summed E-state index contributed by atoms with van der Waals surface area (Å²) in [5, 5.41) is 0. The molecule has 1 unspecified atom stereocenters. The van der Waals surface area contributed by atoms with Gasteiger partial charge in [-0.1, -0.05) is 293 Å². The molecule has 0 aromatic rings. The molecule has 0 aliphatic rings. The van der Waals surface area contributed by atoms with Crippen molar-refractivity contribution in [1.29, 1.82) is 0 Å². The third-order valence-electron chi connectivity index (χ3n) is 14.3. The number of allylic oxidation sites excluding steroid dienone is 10. The molecule has 0 spiro atoms. The third-order valence-corrected chi connectivity index (χ3v) is 14.3. The molecule has 0 bridgehead atoms. The minimum Gasteiger partial charge on any atom is -0.462 e. The van der Waals surface area contributed by atoms with Gasteiger partial charge in [0.15, 0.2) is 6.10 Å². The van der Waals surface area contributed by atoms with E-state index >= 15 is 0 Å². The van der Waals surface area contributed by atoms with Crippen LogP contribution in [-0.2, 0) is 28.6 Å². The van der Waals surface area contributed by atoms with Gasteiger partial charge in [0.2, 0.25) is 0 Å². The van der Waals surface area contributed by atoms with Gasteiger partial charge in [0.25, 0.3) is 0 Å². The normalized spacial score (nSPS) is 12.4. The van der Waals surface area contributed by atoms with E-state index < -0.39 is 6.10 Å². The van der Waals surface area contributed by atoms with E-state index in [9.17, 15) is 14.4 Å². The Hall–Kier alpha value is -2.89. The number of ether oxygens (including phenoxy) is 3. The second-order valence-corrected chi connectivity index (χ2v) is 21.6. The Morgan fingerprint density at radius 2 is 0.527 bits per heavy atom. The van der Waals surface area contributed by atoms with Gasteiger partial charge in [-0.25, -0.2) is 0 Å². The van der Waals surface area contributed by atoms with Crippen LogP contribution < -0.4 is 0 Å². The Balaban J connectivity index is 4.15. The largest absolute Gasteiger partial charge is 0.462 e. The average Bonchev–Trinajstić information content (AvgIpc) is 3.40. The van der Waals surface area contributed by atoms with Crippen LogP contribution in [-0.4, -0.2) is 37.2 Å². The number of unbranched alkanes of at least 4 members (excludes halogenated alkanes) is 38. The van der Waals surface area contributed by atoms with E-state index in [2.05, 4.69) is 81.5 Å². The monoisotopic (exact) mass is 1030 g/mol. The minimum absolute atomic E-state index is 0.0726. The van der Waals surface area contributed by atoms with E-state index in [0.717, 1.165) is 83.5 Å². The molecule has 0 fully saturated rings. The summed E-state index contributed by atoms with van der Waals surface area (Å²) in [6, 6.07) is 0. The van der Waals surface area contributed by atoms with Gasteiger partial charge < -0.3 is 14.2 Å². The Morgan fingerprint density at radius 1 is 0.284 bits per heavy atom. The summed E-state index contributed by atoms with van der Waals surface area (Å²) in [4.78, 5) is 38.1. The first-order chi connectivity index (χ1) is 36.5. The lowest BCUT2D eigenvalue weighted by Crippen LogP contribution is -2.30. The van der Waals surface area contributed by atoms with Crippen LogP contribution in [0.1, 0.15) is 335 Å². The summed E-state index contributed by atoms with van der Waals surface area (Å²) in [7, 11) is 0. The summed E-state index contributed by atoms with van der Waals surface area (Å²) in [5.41, 5.74) is 0. The minimum atomic E-state index is -0.774. The van der Waals surface area contributed by atoms with Crippen molar-refractivity contribution in [3.05, 3.63) is 60.8 Å². The van der Waals surface area contributed by atoms with Crippen LogP contribution in [0.4, 0.5) is 0 Å². The fraction of sp³-hybridized carbons (Fsp3) is 0.809. The summed E-state index contributed by atoms with van der Waals surface area (Å²) in [6.07, 6.45) is 79.6. The predicted octanol–water partition coefficient (Wildman–Crippen LogP) is 21.9. The van der Waals surface area contributed by atoms with E-state index in [1.807, 2.05) is 0 Å². The third kappa shape index (κ3) is 60.0. The van der Waals surface area contributed by atoms with Crippen molar-refractivity contribution < 1.29 is 28.6 Å². The van der Waals surface area contributed by atoms with Gasteiger partial charge in [-0.2, -0.15) is 0 Å². The van der Waals surface area contributed by atoms with Gasteiger partial charge in [0.1, 0.15) is 13.2 Å². The van der Waals surface area contributed by atoms with Gasteiger partial charge in [-0.3, -0.25) is 14.4 Å². The van der Waals surface area contributed by atoms with Gasteiger partial charge in [0, 0.05) is 19.3 Å². The summed E-state index contributed by atoms with van der Waals surface area (Å²) >= 11 is 0. The molecule has 6 heteroatoms. The Kier molecular flexibility index (Phi) is 60.2. The molecule has 0 aromatic carbocycles. The quantitative estimate of drug-likeness (QED) is 0.0261. The molecular formula is C68H122O6. The van der Waals surface area contributed by atoms with Crippen molar-refractivity contribution in [2.45, 2.75) is 341 Å². The van der Waals surface area contributed by atoms with Crippen molar-refractivity contribution in [3.8, 4) is 0 Å². The van der Waals surface area contributed by atoms with E-state index in [0.29, 0.717) is 19.3 Å². The summed E-state index contributed by atoms with van der Waals surface area (Å²) < 4.78 is 16.9. The zero-order valence-corrected chi connectivity index (χ0v) is 49.4. The lowest BCUT2D eigenvalue weighted by molar-refractivity contribution is -0.167. The molecule has 0 amide bonds. The van der Waals surface area contributed by atoms with Crippen LogP contribution >= 0.6 is 0 Å². The van der Waals surface area contributed by atoms with Crippen LogP contribution in [0.25, 0.3) is 0 Å². The highest BCUT2D eigenvalue weighted by Gasteiger charge is 2.19. The van der Waals surface area contributed by atoms with Gasteiger partial charge in [-0.05, 0) is 83.5 Å². The molecule has 0 aliphatic heterocycles. The number of rotatable bonds is 59. The molecule has 1 atom stereocenters. The summed E-state index contributed by atoms with van der Waals surface area (Å²) in [5.74, 6) is -0.865. The Bertz CT molecular complexity index is 1330. The van der Waals surface area contributed by atoms with Crippen molar-refractivity contribution >= 4 is 17.9 Å². The van der Waals surface area contributed by atoms with Crippen LogP contribution in [0, 0.1) is 0 Å². The van der Waals surface area contributed by atoms with Crippen LogP contribution in [0.2, 0.25) is 0 Å². The molecule has 0 radical (unpaired) electrons. The highest BCUT2D eigenvalue weighted by Crippen LogP contribution is 2.17. The number of hydrogen-bond donors (Lipinski definition) is 0. The number of hydrogen-bond acceptors (Lipinski definition) is 6. The number of carbonyl (C=O) groups is 3. The molecule has 0 rings (SSSR count). The molecular weight excluding hydrogens is 913 g/mol. The second-order valence-electron chi connectivity index (χ2n) is 21.6. The van der Waals surface area contributed by atoms with Crippen molar-refractivity contribution in [2.24, 2.45) is 0 Å². The molecule has 0 heterocycles. The fourth-order valence-electron chi connectivity index (χ4n) is 9.43. The first-order valence-corrected chi connectivity index (χ1v) is 32.3. The fourth-order valence-corrected chi connectivity index (χ4v) is 9.43. The maximum Gasteiger partial charge on any atom is 0.306 e. The zero-order valence-electron chi connectivity index (χ0n) is 49.4. The van der Waals surface area contributed by atoms with Crippen LogP contribution in [0.15, 0.2) is 60.8 Å². The lowest BCUT2D eigenvalue weighted by Gasteiger charge is -2.18. The van der Waals surface area contributed by atoms with Crippen molar-refractivity contribution in [1.82, 2.24) is 0 Å². The number of esters is 3. The Labute approximate surface area is 460 Å². The van der Waals surface area contributed by atoms with E-state index in [4.69, 9.17) is 14.2 Å². The van der Waals surface area contributed by atoms with Crippen LogP contribution in [0.5, 0.6) is 0 Å². The highest BCUT2D eigenvalue weighted by atomic mass is 16.6. The molecule has 0 N–H and O–H groups in total. The standard InChI is InChI=1S/C68H122O6/c1-4-7-10-13-16-19-21-23-25-27-29-31-33-34-36-37-39-41-43-45-47-49-52-55-58-61-67(70)73-64-65(63-72-66(69)60-57-54-51-18-15-12-9-6-3)74-68(71)62-59-56-53-50-48-46-44-42-40-38-35-32-30-28-26-24-22-20-17-14-11-8-5-2/h8,11,17,20,24,26-27,29-30,32,65H,4-7,9-10,12-16,18-19,21-23,25,28,31,33-64H2,1-3H3/b11-8-,20-17-,26-24-,29-27-,32-30-.